The number of carbonyl (C=O) groups is 1. The van der Waals surface area contributed by atoms with Gasteiger partial charge in [0.2, 0.25) is 0 Å². The molecule has 5 nitrogen and oxygen atoms in total. The number of aryl methyl sites for hydroxylation is 1. The molecule has 1 aliphatic heterocycles. The molecule has 3 heterocycles. The van der Waals surface area contributed by atoms with Crippen molar-refractivity contribution in [1.82, 2.24) is 14.7 Å². The summed E-state index contributed by atoms with van der Waals surface area (Å²) in [6.45, 7) is 5.21. The van der Waals surface area contributed by atoms with Crippen molar-refractivity contribution in [3.05, 3.63) is 39.8 Å². The molecule has 6 heteroatoms. The fourth-order valence-electron chi connectivity index (χ4n) is 3.05. The van der Waals surface area contributed by atoms with Gasteiger partial charge in [-0.15, -0.1) is 11.3 Å². The first-order valence-corrected chi connectivity index (χ1v) is 8.44. The van der Waals surface area contributed by atoms with Crippen LogP contribution in [0.15, 0.2) is 24.4 Å². The SMILES string of the molecule is Cc1ccc(CN2CCCC(c3ccn(CC(=O)O)n3)C2)s1. The second kappa shape index (κ2) is 6.62. The second-order valence-corrected chi connectivity index (χ2v) is 7.29. The molecular weight excluding hydrogens is 298 g/mol. The standard InChI is InChI=1S/C16H21N3O2S/c1-12-4-5-14(22-12)10-18-7-2-3-13(9-18)15-6-8-19(17-15)11-16(20)21/h4-6,8,13H,2-3,7,9-11H2,1H3,(H,20,21). The summed E-state index contributed by atoms with van der Waals surface area (Å²) < 4.78 is 1.51. The molecule has 1 atom stereocenters. The van der Waals surface area contributed by atoms with Crippen molar-refractivity contribution in [3.63, 3.8) is 0 Å². The number of piperidine rings is 1. The number of rotatable bonds is 5. The van der Waals surface area contributed by atoms with Gasteiger partial charge in [0.1, 0.15) is 6.54 Å². The van der Waals surface area contributed by atoms with E-state index in [0.717, 1.165) is 31.7 Å². The molecule has 2 aromatic heterocycles. The van der Waals surface area contributed by atoms with Gasteiger partial charge in [-0.25, -0.2) is 0 Å². The van der Waals surface area contributed by atoms with E-state index < -0.39 is 5.97 Å². The number of carboxylic acids is 1. The maximum absolute atomic E-state index is 10.7. The Hall–Kier alpha value is -1.66. The minimum atomic E-state index is -0.854. The molecule has 22 heavy (non-hydrogen) atoms. The van der Waals surface area contributed by atoms with Crippen molar-refractivity contribution < 1.29 is 9.90 Å². The van der Waals surface area contributed by atoms with E-state index in [2.05, 4.69) is 29.1 Å². The van der Waals surface area contributed by atoms with E-state index in [-0.39, 0.29) is 6.54 Å². The highest BCUT2D eigenvalue weighted by molar-refractivity contribution is 7.11. The molecule has 0 amide bonds. The molecule has 0 aliphatic carbocycles. The van der Waals surface area contributed by atoms with E-state index in [0.29, 0.717) is 5.92 Å². The van der Waals surface area contributed by atoms with Gasteiger partial charge in [0.05, 0.1) is 5.69 Å². The summed E-state index contributed by atoms with van der Waals surface area (Å²) in [7, 11) is 0. The molecule has 2 aromatic rings. The number of hydrogen-bond donors (Lipinski definition) is 1. The number of nitrogens with zero attached hydrogens (tertiary/aromatic N) is 3. The first kappa shape index (κ1) is 15.2. The average Bonchev–Trinajstić information content (AvgIpc) is 3.08. The van der Waals surface area contributed by atoms with Gasteiger partial charge in [-0.1, -0.05) is 0 Å². The van der Waals surface area contributed by atoms with Crippen molar-refractivity contribution in [2.24, 2.45) is 0 Å². The van der Waals surface area contributed by atoms with Crippen molar-refractivity contribution in [3.8, 4) is 0 Å². The average molecular weight is 319 g/mol. The molecule has 0 radical (unpaired) electrons. The normalized spacial score (nSPS) is 19.4. The Bertz CT molecular complexity index is 649. The van der Waals surface area contributed by atoms with Crippen LogP contribution in [0.4, 0.5) is 0 Å². The first-order chi connectivity index (χ1) is 10.6. The predicted octanol–water partition coefficient (Wildman–Crippen LogP) is 2.72. The zero-order valence-corrected chi connectivity index (χ0v) is 13.6. The fraction of sp³-hybridized carbons (Fsp3) is 0.500. The van der Waals surface area contributed by atoms with Crippen LogP contribution in [-0.2, 0) is 17.9 Å². The van der Waals surface area contributed by atoms with Crippen LogP contribution in [0.2, 0.25) is 0 Å². The summed E-state index contributed by atoms with van der Waals surface area (Å²) >= 11 is 1.86. The minimum Gasteiger partial charge on any atom is -0.480 e. The van der Waals surface area contributed by atoms with Crippen LogP contribution in [0.25, 0.3) is 0 Å². The van der Waals surface area contributed by atoms with Gasteiger partial charge in [-0.3, -0.25) is 14.4 Å². The Morgan fingerprint density at radius 1 is 1.45 bits per heavy atom. The van der Waals surface area contributed by atoms with E-state index in [9.17, 15) is 4.79 Å². The van der Waals surface area contributed by atoms with Gasteiger partial charge in [0, 0.05) is 35.0 Å². The van der Waals surface area contributed by atoms with Gasteiger partial charge >= 0.3 is 5.97 Å². The predicted molar refractivity (Wildman–Crippen MR) is 86.2 cm³/mol. The molecule has 0 bridgehead atoms. The van der Waals surface area contributed by atoms with Crippen LogP contribution >= 0.6 is 11.3 Å². The molecule has 3 rings (SSSR count). The summed E-state index contributed by atoms with van der Waals surface area (Å²) in [5, 5.41) is 13.3. The van der Waals surface area contributed by atoms with Crippen molar-refractivity contribution >= 4 is 17.3 Å². The maximum atomic E-state index is 10.7. The lowest BCUT2D eigenvalue weighted by Gasteiger charge is -2.31. The van der Waals surface area contributed by atoms with E-state index in [1.54, 1.807) is 6.20 Å². The van der Waals surface area contributed by atoms with Gasteiger partial charge in [0.25, 0.3) is 0 Å². The summed E-state index contributed by atoms with van der Waals surface area (Å²) in [5.74, 6) is -0.446. The Morgan fingerprint density at radius 2 is 2.32 bits per heavy atom. The van der Waals surface area contributed by atoms with Gasteiger partial charge < -0.3 is 5.11 Å². The molecule has 1 N–H and O–H groups in total. The Labute approximate surface area is 134 Å². The molecule has 118 valence electrons. The van der Waals surface area contributed by atoms with Gasteiger partial charge in [0.15, 0.2) is 0 Å². The van der Waals surface area contributed by atoms with Crippen LogP contribution in [0, 0.1) is 6.92 Å². The van der Waals surface area contributed by atoms with Gasteiger partial charge in [-0.2, -0.15) is 5.10 Å². The smallest absolute Gasteiger partial charge is 0.325 e. The number of thiophene rings is 1. The molecular formula is C16H21N3O2S. The van der Waals surface area contributed by atoms with Crippen molar-refractivity contribution in [1.29, 1.82) is 0 Å². The number of aliphatic carboxylic acids is 1. The quantitative estimate of drug-likeness (QED) is 0.920. The lowest BCUT2D eigenvalue weighted by atomic mass is 9.95. The molecule has 1 saturated heterocycles. The second-order valence-electron chi connectivity index (χ2n) is 5.92. The van der Waals surface area contributed by atoms with E-state index >= 15 is 0 Å². The number of hydrogen-bond acceptors (Lipinski definition) is 4. The summed E-state index contributed by atoms with van der Waals surface area (Å²) in [4.78, 5) is 16.0. The third-order valence-corrected chi connectivity index (χ3v) is 5.04. The third kappa shape index (κ3) is 3.75. The van der Waals surface area contributed by atoms with Crippen LogP contribution in [0.1, 0.15) is 34.2 Å². The molecule has 1 fully saturated rings. The zero-order chi connectivity index (χ0) is 15.5. The van der Waals surface area contributed by atoms with Crippen molar-refractivity contribution in [2.45, 2.75) is 38.8 Å². The first-order valence-electron chi connectivity index (χ1n) is 7.63. The lowest BCUT2D eigenvalue weighted by Crippen LogP contribution is -2.33. The maximum Gasteiger partial charge on any atom is 0.325 e. The van der Waals surface area contributed by atoms with Crippen LogP contribution < -0.4 is 0 Å². The van der Waals surface area contributed by atoms with Gasteiger partial charge in [-0.05, 0) is 44.5 Å². The van der Waals surface area contributed by atoms with E-state index in [1.165, 1.54) is 20.9 Å². The van der Waals surface area contributed by atoms with E-state index in [4.69, 9.17) is 5.11 Å². The highest BCUT2D eigenvalue weighted by Crippen LogP contribution is 2.27. The monoisotopic (exact) mass is 319 g/mol. The molecule has 0 saturated carbocycles. The Kier molecular flexibility index (Phi) is 4.59. The fourth-order valence-corrected chi connectivity index (χ4v) is 3.99. The molecule has 0 aromatic carbocycles. The molecule has 0 spiro atoms. The number of carboxylic acid groups (broad SMARTS) is 1. The zero-order valence-electron chi connectivity index (χ0n) is 12.7. The summed E-state index contributed by atoms with van der Waals surface area (Å²) in [5.41, 5.74) is 1.02. The van der Waals surface area contributed by atoms with E-state index in [1.807, 2.05) is 17.4 Å². The van der Waals surface area contributed by atoms with Crippen molar-refractivity contribution in [2.75, 3.05) is 13.1 Å². The number of aromatic nitrogens is 2. The third-order valence-electron chi connectivity index (χ3n) is 4.06. The van der Waals surface area contributed by atoms with Crippen LogP contribution in [0.5, 0.6) is 0 Å². The molecule has 1 aliphatic rings. The Balaban J connectivity index is 1.62. The lowest BCUT2D eigenvalue weighted by molar-refractivity contribution is -0.137. The summed E-state index contributed by atoms with van der Waals surface area (Å²) in [6, 6.07) is 6.35. The highest BCUT2D eigenvalue weighted by atomic mass is 32.1. The largest absolute Gasteiger partial charge is 0.480 e. The summed E-state index contributed by atoms with van der Waals surface area (Å²) in [6.07, 6.45) is 4.07. The molecule has 1 unspecified atom stereocenters. The highest BCUT2D eigenvalue weighted by Gasteiger charge is 2.23. The Morgan fingerprint density at radius 3 is 3.05 bits per heavy atom. The number of likely N-dealkylation sites (tertiary alicyclic amines) is 1. The van der Waals surface area contributed by atoms with Crippen LogP contribution in [-0.4, -0.2) is 38.8 Å². The van der Waals surface area contributed by atoms with Crippen LogP contribution in [0.3, 0.4) is 0 Å². The minimum absolute atomic E-state index is 0.0646. The topological polar surface area (TPSA) is 58.4 Å².